The van der Waals surface area contributed by atoms with Gasteiger partial charge in [-0.05, 0) is 19.8 Å². The van der Waals surface area contributed by atoms with E-state index in [0.717, 1.165) is 19.4 Å². The van der Waals surface area contributed by atoms with Crippen molar-refractivity contribution in [3.63, 3.8) is 0 Å². The molecule has 0 aliphatic carbocycles. The zero-order chi connectivity index (χ0) is 10.0. The van der Waals surface area contributed by atoms with Crippen molar-refractivity contribution in [1.82, 2.24) is 0 Å². The van der Waals surface area contributed by atoms with Crippen molar-refractivity contribution >= 4 is 0 Å². The molecule has 78 valence electrons. The maximum absolute atomic E-state index is 8.55. The Morgan fingerprint density at radius 3 is 3.07 bits per heavy atom. The highest BCUT2D eigenvalue weighted by molar-refractivity contribution is 4.88. The van der Waals surface area contributed by atoms with Crippen LogP contribution in [-0.4, -0.2) is 31.2 Å². The van der Waals surface area contributed by atoms with Crippen LogP contribution in [0.3, 0.4) is 0 Å². The molecule has 3 unspecified atom stereocenters. The highest BCUT2D eigenvalue weighted by Crippen LogP contribution is 2.34. The molecule has 14 heavy (non-hydrogen) atoms. The van der Waals surface area contributed by atoms with Crippen molar-refractivity contribution in [2.45, 2.75) is 44.2 Å². The summed E-state index contributed by atoms with van der Waals surface area (Å²) in [5, 5.41) is 8.55. The highest BCUT2D eigenvalue weighted by atomic mass is 16.8. The standard InChI is InChI=1S/C10H15NO3/c1-10(9-3-2-6-12-9)13-7-8(14-10)4-5-11/h8-9H,2-4,6-7H2,1H3. The summed E-state index contributed by atoms with van der Waals surface area (Å²) in [5.41, 5.74) is 0. The SMILES string of the molecule is CC1(C2CCCO2)OCC(CC#N)O1. The molecule has 3 atom stereocenters. The number of nitrogens with zero attached hydrogens (tertiary/aromatic N) is 1. The zero-order valence-corrected chi connectivity index (χ0v) is 8.36. The lowest BCUT2D eigenvalue weighted by Crippen LogP contribution is -2.40. The molecule has 2 aliphatic heterocycles. The molecule has 0 aromatic carbocycles. The van der Waals surface area contributed by atoms with Gasteiger partial charge in [-0.2, -0.15) is 5.26 Å². The number of ether oxygens (including phenoxy) is 3. The Bertz CT molecular complexity index is 244. The molecule has 0 radical (unpaired) electrons. The fourth-order valence-corrected chi connectivity index (χ4v) is 2.02. The van der Waals surface area contributed by atoms with Crippen LogP contribution in [0.4, 0.5) is 0 Å². The van der Waals surface area contributed by atoms with Gasteiger partial charge in [0.1, 0.15) is 6.10 Å². The van der Waals surface area contributed by atoms with Crippen LogP contribution in [0, 0.1) is 11.3 Å². The molecule has 0 aromatic rings. The lowest BCUT2D eigenvalue weighted by Gasteiger charge is -2.28. The van der Waals surface area contributed by atoms with Crippen LogP contribution in [0.25, 0.3) is 0 Å². The van der Waals surface area contributed by atoms with Gasteiger partial charge in [-0.15, -0.1) is 0 Å². The van der Waals surface area contributed by atoms with E-state index < -0.39 is 5.79 Å². The maximum atomic E-state index is 8.55. The van der Waals surface area contributed by atoms with Crippen molar-refractivity contribution in [3.8, 4) is 6.07 Å². The molecule has 0 aromatic heterocycles. The van der Waals surface area contributed by atoms with E-state index in [0.29, 0.717) is 13.0 Å². The third-order valence-corrected chi connectivity index (χ3v) is 2.79. The zero-order valence-electron chi connectivity index (χ0n) is 8.36. The summed E-state index contributed by atoms with van der Waals surface area (Å²) in [6.45, 7) is 3.19. The average molecular weight is 197 g/mol. The van der Waals surface area contributed by atoms with Gasteiger partial charge >= 0.3 is 0 Å². The van der Waals surface area contributed by atoms with E-state index in [2.05, 4.69) is 6.07 Å². The third kappa shape index (κ3) is 1.76. The van der Waals surface area contributed by atoms with Gasteiger partial charge in [-0.1, -0.05) is 0 Å². The van der Waals surface area contributed by atoms with E-state index in [1.807, 2.05) is 6.92 Å². The monoisotopic (exact) mass is 197 g/mol. The molecule has 0 amide bonds. The summed E-state index contributed by atoms with van der Waals surface area (Å²) in [4.78, 5) is 0. The molecule has 0 N–H and O–H groups in total. The molecular weight excluding hydrogens is 182 g/mol. The predicted octanol–water partition coefficient (Wildman–Crippen LogP) is 1.21. The third-order valence-electron chi connectivity index (χ3n) is 2.79. The first-order chi connectivity index (χ1) is 6.74. The molecule has 2 rings (SSSR count). The Morgan fingerprint density at radius 1 is 1.57 bits per heavy atom. The first-order valence-electron chi connectivity index (χ1n) is 5.05. The van der Waals surface area contributed by atoms with Crippen LogP contribution >= 0.6 is 0 Å². The van der Waals surface area contributed by atoms with Crippen LogP contribution < -0.4 is 0 Å². The van der Waals surface area contributed by atoms with Gasteiger partial charge < -0.3 is 14.2 Å². The fourth-order valence-electron chi connectivity index (χ4n) is 2.02. The second-order valence-electron chi connectivity index (χ2n) is 3.93. The predicted molar refractivity (Wildman–Crippen MR) is 48.4 cm³/mol. The Kier molecular flexibility index (Phi) is 2.73. The Balaban J connectivity index is 1.94. The summed E-state index contributed by atoms with van der Waals surface area (Å²) in [6.07, 6.45) is 2.38. The molecule has 0 bridgehead atoms. The Hall–Kier alpha value is -0.630. The minimum absolute atomic E-state index is 0.0335. The topological polar surface area (TPSA) is 51.5 Å². The van der Waals surface area contributed by atoms with Crippen LogP contribution in [0.15, 0.2) is 0 Å². The molecule has 2 aliphatic rings. The lowest BCUT2D eigenvalue weighted by atomic mass is 10.1. The number of hydrogen-bond acceptors (Lipinski definition) is 4. The van der Waals surface area contributed by atoms with E-state index >= 15 is 0 Å². The fraction of sp³-hybridized carbons (Fsp3) is 0.900. The minimum Gasteiger partial charge on any atom is -0.373 e. The van der Waals surface area contributed by atoms with E-state index in [9.17, 15) is 0 Å². The van der Waals surface area contributed by atoms with Gasteiger partial charge in [-0.25, -0.2) is 0 Å². The van der Waals surface area contributed by atoms with Gasteiger partial charge in [-0.3, -0.25) is 0 Å². The normalized spacial score (nSPS) is 42.6. The van der Waals surface area contributed by atoms with Gasteiger partial charge in [0.15, 0.2) is 5.79 Å². The van der Waals surface area contributed by atoms with Gasteiger partial charge in [0, 0.05) is 6.61 Å². The van der Waals surface area contributed by atoms with Crippen molar-refractivity contribution in [2.75, 3.05) is 13.2 Å². The van der Waals surface area contributed by atoms with E-state index in [1.165, 1.54) is 0 Å². The summed E-state index contributed by atoms with van der Waals surface area (Å²) in [5.74, 6) is -0.627. The smallest absolute Gasteiger partial charge is 0.192 e. The van der Waals surface area contributed by atoms with E-state index in [1.54, 1.807) is 0 Å². The highest BCUT2D eigenvalue weighted by Gasteiger charge is 2.45. The molecule has 2 heterocycles. The summed E-state index contributed by atoms with van der Waals surface area (Å²) in [7, 11) is 0. The van der Waals surface area contributed by atoms with Crippen LogP contribution in [-0.2, 0) is 14.2 Å². The van der Waals surface area contributed by atoms with Crippen molar-refractivity contribution in [3.05, 3.63) is 0 Å². The van der Waals surface area contributed by atoms with Gasteiger partial charge in [0.2, 0.25) is 0 Å². The molecular formula is C10H15NO3. The van der Waals surface area contributed by atoms with Crippen LogP contribution in [0.1, 0.15) is 26.2 Å². The molecule has 4 nitrogen and oxygen atoms in total. The molecule has 2 saturated heterocycles. The van der Waals surface area contributed by atoms with Gasteiger partial charge in [0.05, 0.1) is 25.2 Å². The number of hydrogen-bond donors (Lipinski definition) is 0. The van der Waals surface area contributed by atoms with E-state index in [-0.39, 0.29) is 12.2 Å². The lowest BCUT2D eigenvalue weighted by molar-refractivity contribution is -0.217. The van der Waals surface area contributed by atoms with Crippen LogP contribution in [0.2, 0.25) is 0 Å². The Morgan fingerprint density at radius 2 is 2.43 bits per heavy atom. The minimum atomic E-state index is -0.627. The largest absolute Gasteiger partial charge is 0.373 e. The molecule has 2 fully saturated rings. The first kappa shape index (κ1) is 9.91. The Labute approximate surface area is 83.7 Å². The quantitative estimate of drug-likeness (QED) is 0.667. The average Bonchev–Trinajstić information content (AvgIpc) is 2.75. The second-order valence-corrected chi connectivity index (χ2v) is 3.93. The summed E-state index contributed by atoms with van der Waals surface area (Å²) >= 11 is 0. The van der Waals surface area contributed by atoms with Crippen LogP contribution in [0.5, 0.6) is 0 Å². The van der Waals surface area contributed by atoms with E-state index in [4.69, 9.17) is 19.5 Å². The molecule has 4 heteroatoms. The molecule has 0 spiro atoms. The van der Waals surface area contributed by atoms with Crippen molar-refractivity contribution in [2.24, 2.45) is 0 Å². The summed E-state index contributed by atoms with van der Waals surface area (Å²) in [6, 6.07) is 2.09. The van der Waals surface area contributed by atoms with Crippen molar-refractivity contribution < 1.29 is 14.2 Å². The van der Waals surface area contributed by atoms with Gasteiger partial charge in [0.25, 0.3) is 0 Å². The second kappa shape index (κ2) is 3.85. The molecule has 0 saturated carbocycles. The number of nitriles is 1. The first-order valence-corrected chi connectivity index (χ1v) is 5.05. The number of rotatable bonds is 2. The maximum Gasteiger partial charge on any atom is 0.192 e. The summed E-state index contributed by atoms with van der Waals surface area (Å²) < 4.78 is 16.8. The van der Waals surface area contributed by atoms with Crippen molar-refractivity contribution in [1.29, 1.82) is 5.26 Å².